The van der Waals surface area contributed by atoms with E-state index in [4.69, 9.17) is 0 Å². The van der Waals surface area contributed by atoms with Crippen LogP contribution in [-0.4, -0.2) is 56.6 Å². The summed E-state index contributed by atoms with van der Waals surface area (Å²) >= 11 is 0. The number of anilines is 1. The lowest BCUT2D eigenvalue weighted by Crippen LogP contribution is -2.55. The van der Waals surface area contributed by atoms with Crippen LogP contribution in [0.5, 0.6) is 11.5 Å². The van der Waals surface area contributed by atoms with Crippen LogP contribution >= 0.6 is 0 Å². The third kappa shape index (κ3) is 5.11. The van der Waals surface area contributed by atoms with Gasteiger partial charge in [0.05, 0.1) is 27.9 Å². The van der Waals surface area contributed by atoms with Gasteiger partial charge in [-0.25, -0.2) is 4.90 Å². The predicted molar refractivity (Wildman–Crippen MR) is 220 cm³/mol. The third-order valence-corrected chi connectivity index (χ3v) is 13.6. The molecule has 0 aromatic heterocycles. The zero-order chi connectivity index (χ0) is 46.1. The molecule has 2 atom stereocenters. The highest BCUT2D eigenvalue weighted by Crippen LogP contribution is 2.64. The number of amides is 4. The van der Waals surface area contributed by atoms with Gasteiger partial charge < -0.3 is 10.2 Å². The number of alkyl halides is 6. The molecule has 0 saturated heterocycles. The van der Waals surface area contributed by atoms with E-state index in [1.807, 2.05) is 65.0 Å². The number of phenolic OH excluding ortho intramolecular Hbond substituents is 2. The Kier molecular flexibility index (Phi) is 8.23. The van der Waals surface area contributed by atoms with Crippen molar-refractivity contribution in [2.75, 3.05) is 4.90 Å². The van der Waals surface area contributed by atoms with Crippen molar-refractivity contribution < 1.29 is 55.7 Å². The lowest BCUT2D eigenvalue weighted by Gasteiger charge is -2.54. The average molecular weight is 867 g/mol. The van der Waals surface area contributed by atoms with Crippen LogP contribution in [0.25, 0.3) is 0 Å². The summed E-state index contributed by atoms with van der Waals surface area (Å²) in [5, 5.41) is 23.2. The van der Waals surface area contributed by atoms with Gasteiger partial charge in [0.1, 0.15) is 11.5 Å². The van der Waals surface area contributed by atoms with E-state index in [1.54, 1.807) is 6.07 Å². The maximum Gasteiger partial charge on any atom is 0.411 e. The van der Waals surface area contributed by atoms with Crippen molar-refractivity contribution in [3.05, 3.63) is 157 Å². The van der Waals surface area contributed by atoms with Crippen LogP contribution in [0.3, 0.4) is 0 Å². The molecule has 2 heterocycles. The lowest BCUT2D eigenvalue weighted by atomic mass is 9.48. The Hall–Kier alpha value is -6.44. The van der Waals surface area contributed by atoms with Crippen LogP contribution in [0.2, 0.25) is 0 Å². The Balaban J connectivity index is 1.20. The maximum absolute atomic E-state index is 15.5. The minimum Gasteiger partial charge on any atom is -0.508 e. The van der Waals surface area contributed by atoms with Crippen molar-refractivity contribution in [1.29, 1.82) is 0 Å². The minimum atomic E-state index is -6.15. The predicted octanol–water partition coefficient (Wildman–Crippen LogP) is 10.3. The van der Waals surface area contributed by atoms with Crippen LogP contribution < -0.4 is 4.90 Å². The average Bonchev–Trinajstić information content (AvgIpc) is 3.58. The van der Waals surface area contributed by atoms with E-state index >= 15 is 26.3 Å². The van der Waals surface area contributed by atoms with Crippen LogP contribution in [0.15, 0.2) is 84.9 Å². The number of hydrogen-bond donors (Lipinski definition) is 2. The highest BCUT2D eigenvalue weighted by molar-refractivity contribution is 6.35. The fourth-order valence-corrected chi connectivity index (χ4v) is 10.6. The van der Waals surface area contributed by atoms with Gasteiger partial charge in [0.15, 0.2) is 0 Å². The van der Waals surface area contributed by atoms with Crippen molar-refractivity contribution in [2.45, 2.75) is 94.9 Å². The molecule has 5 aromatic rings. The van der Waals surface area contributed by atoms with E-state index in [1.165, 1.54) is 32.9 Å². The summed E-state index contributed by atoms with van der Waals surface area (Å²) in [7, 11) is 0. The first-order valence-corrected chi connectivity index (χ1v) is 20.1. The molecule has 5 aromatic carbocycles. The molecule has 14 heteroatoms. The topological polar surface area (TPSA) is 115 Å². The number of aromatic hydroxyl groups is 2. The summed E-state index contributed by atoms with van der Waals surface area (Å²) in [5.41, 5.74) is -8.80. The van der Waals surface area contributed by atoms with E-state index in [-0.39, 0.29) is 17.0 Å². The summed E-state index contributed by atoms with van der Waals surface area (Å²) in [6, 6.07) is 17.4. The minimum absolute atomic E-state index is 0.0495. The molecule has 0 saturated carbocycles. The maximum atomic E-state index is 15.5. The van der Waals surface area contributed by atoms with Gasteiger partial charge in [0, 0.05) is 16.4 Å². The van der Waals surface area contributed by atoms with Crippen molar-refractivity contribution in [3.8, 4) is 11.5 Å². The molecule has 4 amide bonds. The lowest BCUT2D eigenvalue weighted by molar-refractivity contribution is -0.288. The van der Waals surface area contributed by atoms with E-state index in [2.05, 4.69) is 0 Å². The quantitative estimate of drug-likeness (QED) is 0.138. The molecular formula is C49H40F6N2O6. The molecule has 324 valence electrons. The number of benzene rings is 5. The normalized spacial score (nSPS) is 20.5. The molecule has 2 N–H and O–H groups in total. The molecule has 8 nitrogen and oxygen atoms in total. The summed E-state index contributed by atoms with van der Waals surface area (Å²) < 4.78 is 92.9. The first-order valence-electron chi connectivity index (χ1n) is 20.1. The summed E-state index contributed by atoms with van der Waals surface area (Å²) in [5.74, 6) is -4.84. The third-order valence-electron chi connectivity index (χ3n) is 13.6. The number of imide groups is 2. The smallest absolute Gasteiger partial charge is 0.411 e. The first kappa shape index (κ1) is 41.9. The molecular weight excluding hydrogens is 827 g/mol. The van der Waals surface area contributed by atoms with Crippen molar-refractivity contribution in [2.24, 2.45) is 0 Å². The number of nitrogens with zero attached hydrogens (tertiary/aromatic N) is 2. The van der Waals surface area contributed by atoms with Crippen LogP contribution in [0, 0.1) is 0 Å². The number of halogens is 6. The Morgan fingerprint density at radius 1 is 0.492 bits per heavy atom. The van der Waals surface area contributed by atoms with Gasteiger partial charge >= 0.3 is 12.4 Å². The fourth-order valence-electron chi connectivity index (χ4n) is 10.6. The van der Waals surface area contributed by atoms with Gasteiger partial charge in [-0.05, 0) is 133 Å². The van der Waals surface area contributed by atoms with Gasteiger partial charge in [0.2, 0.25) is 5.41 Å². The number of hydrogen-bond acceptors (Lipinski definition) is 6. The standard InChI is InChI=1S/C49H40F6N2O6/c1-43(2,3)35-19-31-33(21-37(35)58)46(8)30-12-10-9-11-29(30)45(31,7)34-22-38(59)36(20-32(34)46)56-39(60)25-15-13-23(17-27(25)40(56)61)47(48(50,51)52,49(53,54)55)24-14-16-26-28(18-24)42(63)57(41(26)62)44(4,5)6/h9-22,58-59H,1-8H3. The number of carbonyl (C=O) groups excluding carboxylic acids is 4. The Labute approximate surface area is 357 Å². The summed E-state index contributed by atoms with van der Waals surface area (Å²) in [6.07, 6.45) is -12.3. The van der Waals surface area contributed by atoms with E-state index in [0.717, 1.165) is 33.2 Å². The molecule has 0 spiro atoms. The van der Waals surface area contributed by atoms with Gasteiger partial charge in [-0.3, -0.25) is 24.1 Å². The molecule has 2 aliphatic heterocycles. The van der Waals surface area contributed by atoms with E-state index in [9.17, 15) is 29.4 Å². The van der Waals surface area contributed by atoms with Crippen LogP contribution in [0.4, 0.5) is 32.0 Å². The number of phenols is 2. The molecule has 3 aliphatic carbocycles. The second-order valence-corrected chi connectivity index (χ2v) is 19.2. The van der Waals surface area contributed by atoms with Gasteiger partial charge in [0.25, 0.3) is 23.6 Å². The highest BCUT2D eigenvalue weighted by atomic mass is 19.4. The molecule has 0 radical (unpaired) electrons. The Bertz CT molecular complexity index is 2940. The van der Waals surface area contributed by atoms with Gasteiger partial charge in [-0.1, -0.05) is 63.2 Å². The van der Waals surface area contributed by atoms with Crippen molar-refractivity contribution in [3.63, 3.8) is 0 Å². The van der Waals surface area contributed by atoms with Crippen molar-refractivity contribution in [1.82, 2.24) is 4.90 Å². The fraction of sp³-hybridized carbons (Fsp3) is 0.306. The van der Waals surface area contributed by atoms with Crippen molar-refractivity contribution >= 4 is 29.3 Å². The van der Waals surface area contributed by atoms with E-state index in [0.29, 0.717) is 51.9 Å². The largest absolute Gasteiger partial charge is 0.508 e. The Morgan fingerprint density at radius 3 is 1.38 bits per heavy atom. The first-order chi connectivity index (χ1) is 29.0. The second kappa shape index (κ2) is 12.4. The SMILES string of the molecule is CC(C)(C)c1cc2c(cc1O)C1(C)c3ccccc3C2(C)c2cc(O)c(N3C(=O)c4ccc(C(c5ccc6c(c5)C(=O)N(C(C)(C)C)C6=O)(C(F)(F)F)C(F)(F)F)cc4C3=O)cc21. The molecule has 63 heavy (non-hydrogen) atoms. The van der Waals surface area contributed by atoms with Crippen LogP contribution in [-0.2, 0) is 21.7 Å². The summed E-state index contributed by atoms with van der Waals surface area (Å²) in [4.78, 5) is 56.4. The second-order valence-electron chi connectivity index (χ2n) is 19.2. The zero-order valence-corrected chi connectivity index (χ0v) is 35.3. The molecule has 10 rings (SSSR count). The zero-order valence-electron chi connectivity index (χ0n) is 35.3. The van der Waals surface area contributed by atoms with Gasteiger partial charge in [-0.2, -0.15) is 26.3 Å². The molecule has 5 aliphatic rings. The summed E-state index contributed by atoms with van der Waals surface area (Å²) in [6.45, 7) is 14.2. The molecule has 2 bridgehead atoms. The number of fused-ring (bicyclic) bond motifs is 2. The Morgan fingerprint density at radius 2 is 0.905 bits per heavy atom. The van der Waals surface area contributed by atoms with Gasteiger partial charge in [-0.15, -0.1) is 0 Å². The van der Waals surface area contributed by atoms with E-state index < -0.39 is 96.7 Å². The number of carbonyl (C=O) groups is 4. The molecule has 0 fully saturated rings. The van der Waals surface area contributed by atoms with Crippen LogP contribution in [0.1, 0.15) is 147 Å². The monoisotopic (exact) mass is 866 g/mol. The highest BCUT2D eigenvalue weighted by Gasteiger charge is 2.73. The molecule has 2 unspecified atom stereocenters. The number of rotatable bonds is 3.